The number of likely N-dealkylation sites (N-methyl/N-ethyl adjacent to an activating group) is 1. The molecule has 0 aliphatic carbocycles. The maximum absolute atomic E-state index is 11.2. The molecule has 0 spiro atoms. The molecule has 4 N–H and O–H groups in total. The van der Waals surface area contributed by atoms with Crippen molar-refractivity contribution < 1.29 is 9.53 Å². The lowest BCUT2D eigenvalue weighted by molar-refractivity contribution is 0.100. The SMILES string of the molecule is COCCN(C)c1ncc(N)cc1C(N)=O. The number of nitrogens with two attached hydrogens (primary N) is 2. The second kappa shape index (κ2) is 5.32. The first-order valence-corrected chi connectivity index (χ1v) is 4.81. The van der Waals surface area contributed by atoms with Gasteiger partial charge in [0.2, 0.25) is 0 Å². The Bertz CT molecular complexity index is 381. The average molecular weight is 224 g/mol. The summed E-state index contributed by atoms with van der Waals surface area (Å²) in [6.45, 7) is 1.16. The molecule has 1 aromatic heterocycles. The fraction of sp³-hybridized carbons (Fsp3) is 0.400. The Hall–Kier alpha value is -1.82. The van der Waals surface area contributed by atoms with Gasteiger partial charge in [-0.15, -0.1) is 0 Å². The Morgan fingerprint density at radius 2 is 2.31 bits per heavy atom. The van der Waals surface area contributed by atoms with E-state index >= 15 is 0 Å². The van der Waals surface area contributed by atoms with E-state index in [4.69, 9.17) is 16.2 Å². The summed E-state index contributed by atoms with van der Waals surface area (Å²) in [5.74, 6) is -0.0298. The number of amides is 1. The monoisotopic (exact) mass is 224 g/mol. The van der Waals surface area contributed by atoms with Gasteiger partial charge in [-0.05, 0) is 6.07 Å². The predicted molar refractivity (Wildman–Crippen MR) is 62.3 cm³/mol. The molecule has 1 aromatic rings. The largest absolute Gasteiger partial charge is 0.397 e. The maximum atomic E-state index is 11.2. The number of hydrogen-bond donors (Lipinski definition) is 2. The number of methoxy groups -OCH3 is 1. The van der Waals surface area contributed by atoms with Crippen molar-refractivity contribution in [3.8, 4) is 0 Å². The lowest BCUT2D eigenvalue weighted by atomic mass is 10.2. The van der Waals surface area contributed by atoms with Gasteiger partial charge in [0.1, 0.15) is 5.82 Å². The number of ether oxygens (including phenoxy) is 1. The highest BCUT2D eigenvalue weighted by molar-refractivity contribution is 5.98. The zero-order valence-electron chi connectivity index (χ0n) is 9.43. The van der Waals surface area contributed by atoms with Crippen molar-refractivity contribution in [2.24, 2.45) is 5.73 Å². The molecule has 0 saturated carbocycles. The normalized spacial score (nSPS) is 10.1. The molecule has 0 aromatic carbocycles. The minimum Gasteiger partial charge on any atom is -0.397 e. The smallest absolute Gasteiger partial charge is 0.252 e. The van der Waals surface area contributed by atoms with E-state index in [1.165, 1.54) is 12.3 Å². The van der Waals surface area contributed by atoms with E-state index in [-0.39, 0.29) is 0 Å². The standard InChI is InChI=1S/C10H16N4O2/c1-14(3-4-16-2)10-8(9(12)15)5-7(11)6-13-10/h5-6H,3-4,11H2,1-2H3,(H2,12,15). The number of aromatic nitrogens is 1. The summed E-state index contributed by atoms with van der Waals surface area (Å²) < 4.78 is 4.95. The van der Waals surface area contributed by atoms with Crippen LogP contribution in [-0.2, 0) is 4.74 Å². The van der Waals surface area contributed by atoms with Crippen LogP contribution in [0.25, 0.3) is 0 Å². The number of pyridine rings is 1. The van der Waals surface area contributed by atoms with Crippen molar-refractivity contribution in [1.29, 1.82) is 0 Å². The topological polar surface area (TPSA) is 94.5 Å². The predicted octanol–water partition coefficient (Wildman–Crippen LogP) is -0.155. The molecule has 6 nitrogen and oxygen atoms in total. The third-order valence-corrected chi connectivity index (χ3v) is 2.15. The van der Waals surface area contributed by atoms with Gasteiger partial charge < -0.3 is 21.1 Å². The lowest BCUT2D eigenvalue weighted by Crippen LogP contribution is -2.26. The lowest BCUT2D eigenvalue weighted by Gasteiger charge is -2.19. The molecule has 0 bridgehead atoms. The quantitative estimate of drug-likeness (QED) is 0.725. The number of hydrogen-bond acceptors (Lipinski definition) is 5. The first-order chi connectivity index (χ1) is 7.56. The third kappa shape index (κ3) is 2.83. The molecule has 1 amide bonds. The average Bonchev–Trinajstić information content (AvgIpc) is 2.25. The second-order valence-corrected chi connectivity index (χ2v) is 3.42. The molecule has 0 fully saturated rings. The van der Waals surface area contributed by atoms with Crippen molar-refractivity contribution >= 4 is 17.4 Å². The molecule has 0 saturated heterocycles. The van der Waals surface area contributed by atoms with Crippen molar-refractivity contribution in [2.45, 2.75) is 0 Å². The molecule has 0 unspecified atom stereocenters. The van der Waals surface area contributed by atoms with Gasteiger partial charge in [-0.25, -0.2) is 4.98 Å². The summed E-state index contributed by atoms with van der Waals surface area (Å²) in [7, 11) is 3.42. The molecule has 88 valence electrons. The summed E-state index contributed by atoms with van der Waals surface area (Å²) in [6.07, 6.45) is 1.49. The van der Waals surface area contributed by atoms with Crippen molar-refractivity contribution in [1.82, 2.24) is 4.98 Å². The molecule has 6 heteroatoms. The molecule has 0 atom stereocenters. The summed E-state index contributed by atoms with van der Waals surface area (Å²) in [5.41, 5.74) is 11.5. The van der Waals surface area contributed by atoms with Crippen molar-refractivity contribution in [3.05, 3.63) is 17.8 Å². The Balaban J connectivity index is 2.98. The van der Waals surface area contributed by atoms with Crippen LogP contribution >= 0.6 is 0 Å². The molecule has 1 heterocycles. The molecule has 16 heavy (non-hydrogen) atoms. The minimum atomic E-state index is -0.543. The minimum absolute atomic E-state index is 0.318. The molecular weight excluding hydrogens is 208 g/mol. The van der Waals surface area contributed by atoms with Gasteiger partial charge in [0.25, 0.3) is 5.91 Å². The van der Waals surface area contributed by atoms with Gasteiger partial charge >= 0.3 is 0 Å². The number of carbonyl (C=O) groups excluding carboxylic acids is 1. The van der Waals surface area contributed by atoms with Crippen LogP contribution in [0, 0.1) is 0 Å². The maximum Gasteiger partial charge on any atom is 0.252 e. The van der Waals surface area contributed by atoms with Gasteiger partial charge in [-0.1, -0.05) is 0 Å². The van der Waals surface area contributed by atoms with Gasteiger partial charge in [0, 0.05) is 20.7 Å². The number of carbonyl (C=O) groups is 1. The Morgan fingerprint density at radius 1 is 1.62 bits per heavy atom. The van der Waals surface area contributed by atoms with Gasteiger partial charge in [-0.2, -0.15) is 0 Å². The van der Waals surface area contributed by atoms with Crippen LogP contribution in [0.5, 0.6) is 0 Å². The highest BCUT2D eigenvalue weighted by Gasteiger charge is 2.13. The Morgan fingerprint density at radius 3 is 2.88 bits per heavy atom. The summed E-state index contributed by atoms with van der Waals surface area (Å²) in [6, 6.07) is 1.52. The van der Waals surface area contributed by atoms with Crippen LogP contribution in [0.2, 0.25) is 0 Å². The van der Waals surface area contributed by atoms with Gasteiger partial charge in [0.15, 0.2) is 0 Å². The van der Waals surface area contributed by atoms with Crippen LogP contribution in [0.15, 0.2) is 12.3 Å². The number of primary amides is 1. The third-order valence-electron chi connectivity index (χ3n) is 2.15. The van der Waals surface area contributed by atoms with Crippen LogP contribution < -0.4 is 16.4 Å². The molecular formula is C10H16N4O2. The summed E-state index contributed by atoms with van der Waals surface area (Å²) in [5, 5.41) is 0. The zero-order chi connectivity index (χ0) is 12.1. The van der Waals surface area contributed by atoms with E-state index in [0.717, 1.165) is 0 Å². The summed E-state index contributed by atoms with van der Waals surface area (Å²) in [4.78, 5) is 17.1. The van der Waals surface area contributed by atoms with E-state index in [0.29, 0.717) is 30.2 Å². The van der Waals surface area contributed by atoms with E-state index in [2.05, 4.69) is 4.98 Å². The number of nitrogen functional groups attached to an aromatic ring is 1. The number of nitrogens with zero attached hydrogens (tertiary/aromatic N) is 2. The van der Waals surface area contributed by atoms with Gasteiger partial charge in [0.05, 0.1) is 24.1 Å². The second-order valence-electron chi connectivity index (χ2n) is 3.42. The summed E-state index contributed by atoms with van der Waals surface area (Å²) >= 11 is 0. The van der Waals surface area contributed by atoms with Crippen LogP contribution in [0.3, 0.4) is 0 Å². The Kier molecular flexibility index (Phi) is 4.07. The first kappa shape index (κ1) is 12.3. The first-order valence-electron chi connectivity index (χ1n) is 4.81. The van der Waals surface area contributed by atoms with Crippen LogP contribution in [-0.4, -0.2) is 38.2 Å². The van der Waals surface area contributed by atoms with Crippen LogP contribution in [0.4, 0.5) is 11.5 Å². The van der Waals surface area contributed by atoms with Gasteiger partial charge in [-0.3, -0.25) is 4.79 Å². The van der Waals surface area contributed by atoms with Crippen LogP contribution in [0.1, 0.15) is 10.4 Å². The zero-order valence-corrected chi connectivity index (χ0v) is 9.43. The van der Waals surface area contributed by atoms with E-state index in [9.17, 15) is 4.79 Å². The molecule has 0 radical (unpaired) electrons. The molecule has 0 aliphatic rings. The Labute approximate surface area is 94.2 Å². The fourth-order valence-electron chi connectivity index (χ4n) is 1.29. The fourth-order valence-corrected chi connectivity index (χ4v) is 1.29. The molecule has 1 rings (SSSR count). The van der Waals surface area contributed by atoms with Crippen molar-refractivity contribution in [2.75, 3.05) is 37.9 Å². The van der Waals surface area contributed by atoms with E-state index in [1.54, 1.807) is 12.0 Å². The molecule has 0 aliphatic heterocycles. The highest BCUT2D eigenvalue weighted by atomic mass is 16.5. The highest BCUT2D eigenvalue weighted by Crippen LogP contribution is 2.18. The van der Waals surface area contributed by atoms with E-state index < -0.39 is 5.91 Å². The van der Waals surface area contributed by atoms with Crippen molar-refractivity contribution in [3.63, 3.8) is 0 Å². The number of anilines is 2. The number of rotatable bonds is 5. The van der Waals surface area contributed by atoms with E-state index in [1.807, 2.05) is 7.05 Å².